The van der Waals surface area contributed by atoms with Gasteiger partial charge in [-0.2, -0.15) is 0 Å². The van der Waals surface area contributed by atoms with Crippen molar-refractivity contribution in [3.05, 3.63) is 85.0 Å². The predicted octanol–water partition coefficient (Wildman–Crippen LogP) is 4.89. The van der Waals surface area contributed by atoms with E-state index in [0.29, 0.717) is 0 Å². The molecule has 0 N–H and O–H groups in total. The molecule has 0 unspecified atom stereocenters. The summed E-state index contributed by atoms with van der Waals surface area (Å²) in [6, 6.07) is 20.2. The quantitative estimate of drug-likeness (QED) is 0.660. The number of methoxy groups -OCH3 is 1. The van der Waals surface area contributed by atoms with Crippen molar-refractivity contribution in [2.45, 2.75) is 6.42 Å². The summed E-state index contributed by atoms with van der Waals surface area (Å²) in [6.07, 6.45) is 6.71. The number of anilines is 1. The summed E-state index contributed by atoms with van der Waals surface area (Å²) in [5.74, 6) is 2.42. The van der Waals surface area contributed by atoms with Gasteiger partial charge in [0, 0.05) is 30.7 Å². The summed E-state index contributed by atoms with van der Waals surface area (Å²) in [6.45, 7) is 0.911. The molecule has 26 heavy (non-hydrogen) atoms. The Morgan fingerprint density at radius 2 is 1.62 bits per heavy atom. The first-order chi connectivity index (χ1) is 12.8. The largest absolute Gasteiger partial charge is 0.497 e. The Kier molecular flexibility index (Phi) is 4.56. The van der Waals surface area contributed by atoms with E-state index in [9.17, 15) is 0 Å². The zero-order valence-corrected chi connectivity index (χ0v) is 14.6. The first-order valence-electron chi connectivity index (χ1n) is 8.63. The SMILES string of the molecule is COc1cccc(OC2=CCCN2c2ccc(-c3ccncc3)cc2)c1. The zero-order chi connectivity index (χ0) is 17.8. The number of pyridine rings is 1. The molecule has 0 saturated heterocycles. The molecule has 0 saturated carbocycles. The second-order valence-corrected chi connectivity index (χ2v) is 6.05. The van der Waals surface area contributed by atoms with E-state index in [1.165, 1.54) is 5.56 Å². The molecule has 3 aromatic rings. The molecule has 1 aromatic heterocycles. The standard InChI is InChI=1S/C22H20N2O2/c1-25-20-4-2-5-21(16-20)26-22-6-3-15-24(22)19-9-7-17(8-10-19)18-11-13-23-14-12-18/h2,4-14,16H,3,15H2,1H3. The van der Waals surface area contributed by atoms with E-state index in [1.54, 1.807) is 7.11 Å². The fourth-order valence-electron chi connectivity index (χ4n) is 3.05. The van der Waals surface area contributed by atoms with Gasteiger partial charge in [0.25, 0.3) is 0 Å². The van der Waals surface area contributed by atoms with E-state index in [4.69, 9.17) is 9.47 Å². The minimum atomic E-state index is 0.774. The third-order valence-electron chi connectivity index (χ3n) is 4.39. The smallest absolute Gasteiger partial charge is 0.196 e. The molecule has 0 atom stereocenters. The molecule has 0 spiro atoms. The highest BCUT2D eigenvalue weighted by Gasteiger charge is 2.19. The fraction of sp³-hybridized carbons (Fsp3) is 0.136. The number of rotatable bonds is 5. The van der Waals surface area contributed by atoms with E-state index in [2.05, 4.69) is 40.2 Å². The molecule has 4 rings (SSSR count). The van der Waals surface area contributed by atoms with Crippen LogP contribution in [0, 0.1) is 0 Å². The van der Waals surface area contributed by atoms with Crippen LogP contribution < -0.4 is 14.4 Å². The molecule has 1 aliphatic heterocycles. The second-order valence-electron chi connectivity index (χ2n) is 6.05. The number of aromatic nitrogens is 1. The monoisotopic (exact) mass is 344 g/mol. The van der Waals surface area contributed by atoms with Crippen LogP contribution in [-0.4, -0.2) is 18.6 Å². The van der Waals surface area contributed by atoms with Crippen molar-refractivity contribution in [3.8, 4) is 22.6 Å². The van der Waals surface area contributed by atoms with Crippen LogP contribution in [0.4, 0.5) is 5.69 Å². The fourth-order valence-corrected chi connectivity index (χ4v) is 3.05. The van der Waals surface area contributed by atoms with Gasteiger partial charge in [-0.3, -0.25) is 4.98 Å². The third-order valence-corrected chi connectivity index (χ3v) is 4.39. The van der Waals surface area contributed by atoms with Crippen molar-refractivity contribution >= 4 is 5.69 Å². The molecule has 1 aliphatic rings. The first-order valence-corrected chi connectivity index (χ1v) is 8.63. The van der Waals surface area contributed by atoms with Crippen molar-refractivity contribution in [3.63, 3.8) is 0 Å². The lowest BCUT2D eigenvalue weighted by Crippen LogP contribution is -2.21. The van der Waals surface area contributed by atoms with Crippen LogP contribution in [-0.2, 0) is 0 Å². The van der Waals surface area contributed by atoms with Gasteiger partial charge < -0.3 is 14.4 Å². The lowest BCUT2D eigenvalue weighted by molar-refractivity contribution is 0.395. The van der Waals surface area contributed by atoms with Gasteiger partial charge in [0.05, 0.1) is 7.11 Å². The van der Waals surface area contributed by atoms with E-state index in [1.807, 2.05) is 48.8 Å². The molecule has 2 heterocycles. The minimum absolute atomic E-state index is 0.774. The van der Waals surface area contributed by atoms with Gasteiger partial charge in [-0.15, -0.1) is 0 Å². The van der Waals surface area contributed by atoms with Crippen molar-refractivity contribution in [2.75, 3.05) is 18.6 Å². The van der Waals surface area contributed by atoms with Gasteiger partial charge in [0.1, 0.15) is 11.5 Å². The molecule has 0 radical (unpaired) electrons. The summed E-state index contributed by atoms with van der Waals surface area (Å²) in [4.78, 5) is 6.26. The normalized spacial score (nSPS) is 13.4. The molecular weight excluding hydrogens is 324 g/mol. The maximum Gasteiger partial charge on any atom is 0.196 e. The van der Waals surface area contributed by atoms with E-state index < -0.39 is 0 Å². The third kappa shape index (κ3) is 3.40. The Morgan fingerprint density at radius 3 is 2.38 bits per heavy atom. The van der Waals surface area contributed by atoms with E-state index in [0.717, 1.165) is 41.6 Å². The summed E-state index contributed by atoms with van der Waals surface area (Å²) < 4.78 is 11.4. The Hall–Kier alpha value is -3.27. The van der Waals surface area contributed by atoms with Crippen LogP contribution >= 0.6 is 0 Å². The van der Waals surface area contributed by atoms with Crippen LogP contribution in [0.25, 0.3) is 11.1 Å². The number of ether oxygens (including phenoxy) is 2. The number of nitrogens with zero attached hydrogens (tertiary/aromatic N) is 2. The first kappa shape index (κ1) is 16.2. The highest BCUT2D eigenvalue weighted by atomic mass is 16.5. The lowest BCUT2D eigenvalue weighted by Gasteiger charge is -2.22. The van der Waals surface area contributed by atoms with Crippen LogP contribution in [0.3, 0.4) is 0 Å². The molecular formula is C22H20N2O2. The molecule has 2 aromatic carbocycles. The summed E-state index contributed by atoms with van der Waals surface area (Å²) in [5.41, 5.74) is 3.46. The topological polar surface area (TPSA) is 34.6 Å². The van der Waals surface area contributed by atoms with E-state index in [-0.39, 0.29) is 0 Å². The van der Waals surface area contributed by atoms with Crippen LogP contribution in [0.1, 0.15) is 6.42 Å². The summed E-state index contributed by atoms with van der Waals surface area (Å²) in [7, 11) is 1.66. The van der Waals surface area contributed by atoms with Gasteiger partial charge in [0.15, 0.2) is 5.88 Å². The van der Waals surface area contributed by atoms with Gasteiger partial charge in [-0.25, -0.2) is 0 Å². The van der Waals surface area contributed by atoms with Crippen LogP contribution in [0.5, 0.6) is 11.5 Å². The molecule has 0 aliphatic carbocycles. The molecule has 4 heteroatoms. The maximum atomic E-state index is 6.10. The van der Waals surface area contributed by atoms with Crippen molar-refractivity contribution in [1.29, 1.82) is 0 Å². The highest BCUT2D eigenvalue weighted by Crippen LogP contribution is 2.30. The van der Waals surface area contributed by atoms with E-state index >= 15 is 0 Å². The Bertz CT molecular complexity index is 905. The summed E-state index contributed by atoms with van der Waals surface area (Å²) >= 11 is 0. The average molecular weight is 344 g/mol. The second kappa shape index (κ2) is 7.31. The molecule has 4 nitrogen and oxygen atoms in total. The molecule has 0 bridgehead atoms. The Balaban J connectivity index is 1.52. The number of hydrogen-bond donors (Lipinski definition) is 0. The minimum Gasteiger partial charge on any atom is -0.497 e. The van der Waals surface area contributed by atoms with Gasteiger partial charge in [-0.1, -0.05) is 18.2 Å². The Labute approximate surface area is 153 Å². The average Bonchev–Trinajstić information content (AvgIpc) is 3.17. The summed E-state index contributed by atoms with van der Waals surface area (Å²) in [5, 5.41) is 0. The van der Waals surface area contributed by atoms with Gasteiger partial charge >= 0.3 is 0 Å². The lowest BCUT2D eigenvalue weighted by atomic mass is 10.1. The van der Waals surface area contributed by atoms with Crippen molar-refractivity contribution in [1.82, 2.24) is 4.98 Å². The van der Waals surface area contributed by atoms with Crippen molar-refractivity contribution in [2.24, 2.45) is 0 Å². The molecule has 0 amide bonds. The maximum absolute atomic E-state index is 6.10. The van der Waals surface area contributed by atoms with Gasteiger partial charge in [-0.05, 0) is 60.0 Å². The number of benzene rings is 2. The molecule has 0 fully saturated rings. The highest BCUT2D eigenvalue weighted by molar-refractivity contribution is 5.66. The molecule has 130 valence electrons. The number of hydrogen-bond acceptors (Lipinski definition) is 4. The van der Waals surface area contributed by atoms with Crippen molar-refractivity contribution < 1.29 is 9.47 Å². The van der Waals surface area contributed by atoms with Gasteiger partial charge in [0.2, 0.25) is 0 Å². The van der Waals surface area contributed by atoms with Crippen LogP contribution in [0.15, 0.2) is 85.0 Å². The zero-order valence-electron chi connectivity index (χ0n) is 14.6. The predicted molar refractivity (Wildman–Crippen MR) is 103 cm³/mol. The van der Waals surface area contributed by atoms with Crippen LogP contribution in [0.2, 0.25) is 0 Å². The Morgan fingerprint density at radius 1 is 0.885 bits per heavy atom.